The van der Waals surface area contributed by atoms with Crippen molar-refractivity contribution >= 4 is 23.3 Å². The first-order valence-corrected chi connectivity index (χ1v) is 4.38. The Morgan fingerprint density at radius 1 is 1.53 bits per heavy atom. The summed E-state index contributed by atoms with van der Waals surface area (Å²) in [7, 11) is 1.16. The van der Waals surface area contributed by atoms with E-state index in [0.29, 0.717) is 5.56 Å². The lowest BCUT2D eigenvalue weighted by Crippen LogP contribution is -2.06. The van der Waals surface area contributed by atoms with Gasteiger partial charge in [-0.3, -0.25) is 10.1 Å². The molecule has 0 unspecified atom stereocenters. The summed E-state index contributed by atoms with van der Waals surface area (Å²) in [6.07, 6.45) is 0. The largest absolute Gasteiger partial charge is 0.465 e. The summed E-state index contributed by atoms with van der Waals surface area (Å²) in [6, 6.07) is 2.48. The Kier molecular flexibility index (Phi) is 3.26. The second-order valence-corrected chi connectivity index (χ2v) is 3.27. The van der Waals surface area contributed by atoms with Crippen LogP contribution in [0.2, 0.25) is 5.02 Å². The molecule has 5 nitrogen and oxygen atoms in total. The van der Waals surface area contributed by atoms with Gasteiger partial charge in [-0.05, 0) is 18.6 Å². The Balaban J connectivity index is 3.41. The highest BCUT2D eigenvalue weighted by Gasteiger charge is 2.22. The number of nitrogens with zero attached hydrogens (tertiary/aromatic N) is 1. The molecule has 0 aliphatic carbocycles. The number of nitro benzene ring substituents is 1. The zero-order chi connectivity index (χ0) is 11.6. The number of carbonyl (C=O) groups is 1. The van der Waals surface area contributed by atoms with Gasteiger partial charge in [-0.2, -0.15) is 0 Å². The molecule has 1 aromatic carbocycles. The van der Waals surface area contributed by atoms with Crippen LogP contribution in [-0.4, -0.2) is 18.0 Å². The van der Waals surface area contributed by atoms with Crippen molar-refractivity contribution in [3.8, 4) is 0 Å². The molecule has 0 atom stereocenters. The molecular weight excluding hydrogens is 222 g/mol. The zero-order valence-corrected chi connectivity index (χ0v) is 8.87. The third-order valence-corrected chi connectivity index (χ3v) is 2.29. The van der Waals surface area contributed by atoms with Crippen LogP contribution in [0, 0.1) is 17.0 Å². The van der Waals surface area contributed by atoms with Crippen molar-refractivity contribution in [2.24, 2.45) is 0 Å². The molecule has 80 valence electrons. The van der Waals surface area contributed by atoms with E-state index in [2.05, 4.69) is 4.74 Å². The van der Waals surface area contributed by atoms with Crippen LogP contribution in [0.25, 0.3) is 0 Å². The van der Waals surface area contributed by atoms with Gasteiger partial charge in [0.2, 0.25) is 0 Å². The van der Waals surface area contributed by atoms with Crippen LogP contribution in [0.15, 0.2) is 12.1 Å². The van der Waals surface area contributed by atoms with Gasteiger partial charge in [0.15, 0.2) is 0 Å². The van der Waals surface area contributed by atoms with Crippen molar-refractivity contribution in [1.29, 1.82) is 0 Å². The van der Waals surface area contributed by atoms with Crippen LogP contribution in [0.5, 0.6) is 0 Å². The standard InChI is InChI=1S/C9H8ClNO4/c1-5-3-6(9(12)15-2)8(11(13)14)4-7(5)10/h3-4H,1-2H3. The van der Waals surface area contributed by atoms with Crippen LogP contribution in [0.4, 0.5) is 5.69 Å². The molecule has 0 heterocycles. The van der Waals surface area contributed by atoms with Crippen LogP contribution in [0.1, 0.15) is 15.9 Å². The summed E-state index contributed by atoms with van der Waals surface area (Å²) in [5.74, 6) is -0.749. The smallest absolute Gasteiger partial charge is 0.344 e. The number of aryl methyl sites for hydroxylation is 1. The Hall–Kier alpha value is -1.62. The maximum Gasteiger partial charge on any atom is 0.344 e. The monoisotopic (exact) mass is 229 g/mol. The fourth-order valence-corrected chi connectivity index (χ4v) is 1.25. The number of nitro groups is 1. The maximum absolute atomic E-state index is 11.2. The summed E-state index contributed by atoms with van der Waals surface area (Å²) in [5.41, 5.74) is 0.143. The van der Waals surface area contributed by atoms with Crippen LogP contribution < -0.4 is 0 Å². The molecule has 0 saturated heterocycles. The van der Waals surface area contributed by atoms with Crippen LogP contribution in [-0.2, 0) is 4.74 Å². The van der Waals surface area contributed by atoms with Crippen LogP contribution >= 0.6 is 11.6 Å². The number of benzene rings is 1. The van der Waals surface area contributed by atoms with Gasteiger partial charge in [0.05, 0.1) is 17.1 Å². The van der Waals surface area contributed by atoms with E-state index in [9.17, 15) is 14.9 Å². The van der Waals surface area contributed by atoms with Gasteiger partial charge in [0, 0.05) is 6.07 Å². The number of esters is 1. The van der Waals surface area contributed by atoms with E-state index < -0.39 is 10.9 Å². The topological polar surface area (TPSA) is 69.4 Å². The maximum atomic E-state index is 11.2. The van der Waals surface area contributed by atoms with E-state index in [4.69, 9.17) is 11.6 Å². The summed E-state index contributed by atoms with van der Waals surface area (Å²) in [4.78, 5) is 21.2. The quantitative estimate of drug-likeness (QED) is 0.443. The third kappa shape index (κ3) is 2.24. The first-order valence-electron chi connectivity index (χ1n) is 4.00. The molecule has 0 bridgehead atoms. The molecule has 6 heteroatoms. The molecule has 0 aromatic heterocycles. The molecule has 1 rings (SSSR count). The van der Waals surface area contributed by atoms with Crippen molar-refractivity contribution in [1.82, 2.24) is 0 Å². The van der Waals surface area contributed by atoms with E-state index in [1.165, 1.54) is 6.07 Å². The Morgan fingerprint density at radius 3 is 2.60 bits per heavy atom. The highest BCUT2D eigenvalue weighted by molar-refractivity contribution is 6.31. The molecule has 0 N–H and O–H groups in total. The lowest BCUT2D eigenvalue weighted by atomic mass is 10.1. The van der Waals surface area contributed by atoms with Crippen LogP contribution in [0.3, 0.4) is 0 Å². The van der Waals surface area contributed by atoms with Gasteiger partial charge in [-0.1, -0.05) is 11.6 Å². The molecule has 0 aliphatic heterocycles. The lowest BCUT2D eigenvalue weighted by Gasteiger charge is -2.03. The molecular formula is C9H8ClNO4. The first-order chi connectivity index (χ1) is 6.97. The van der Waals surface area contributed by atoms with Gasteiger partial charge < -0.3 is 4.74 Å². The van der Waals surface area contributed by atoms with E-state index >= 15 is 0 Å². The second kappa shape index (κ2) is 4.27. The molecule has 0 amide bonds. The summed E-state index contributed by atoms with van der Waals surface area (Å²) in [5, 5.41) is 10.9. The predicted octanol–water partition coefficient (Wildman–Crippen LogP) is 2.34. The van der Waals surface area contributed by atoms with Crippen molar-refractivity contribution in [3.63, 3.8) is 0 Å². The van der Waals surface area contributed by atoms with Gasteiger partial charge in [-0.15, -0.1) is 0 Å². The number of hydrogen-bond donors (Lipinski definition) is 0. The van der Waals surface area contributed by atoms with Gasteiger partial charge in [0.1, 0.15) is 5.56 Å². The van der Waals surface area contributed by atoms with Gasteiger partial charge >= 0.3 is 5.97 Å². The second-order valence-electron chi connectivity index (χ2n) is 2.87. The highest BCUT2D eigenvalue weighted by Crippen LogP contribution is 2.27. The molecule has 0 radical (unpaired) electrons. The zero-order valence-electron chi connectivity index (χ0n) is 8.11. The van der Waals surface area contributed by atoms with E-state index in [0.717, 1.165) is 13.2 Å². The minimum absolute atomic E-state index is 0.0931. The van der Waals surface area contributed by atoms with Gasteiger partial charge in [0.25, 0.3) is 5.69 Å². The lowest BCUT2D eigenvalue weighted by molar-refractivity contribution is -0.385. The fraction of sp³-hybridized carbons (Fsp3) is 0.222. The number of rotatable bonds is 2. The number of carbonyl (C=O) groups excluding carboxylic acids is 1. The van der Waals surface area contributed by atoms with E-state index in [1.807, 2.05) is 0 Å². The van der Waals surface area contributed by atoms with Crippen molar-refractivity contribution in [3.05, 3.63) is 38.4 Å². The average molecular weight is 230 g/mol. The summed E-state index contributed by atoms with van der Waals surface area (Å²) >= 11 is 5.72. The third-order valence-electron chi connectivity index (χ3n) is 1.88. The normalized spacial score (nSPS) is 9.80. The van der Waals surface area contributed by atoms with E-state index in [1.54, 1.807) is 6.92 Å². The molecule has 0 fully saturated rings. The highest BCUT2D eigenvalue weighted by atomic mass is 35.5. The molecule has 15 heavy (non-hydrogen) atoms. The minimum atomic E-state index is -0.749. The number of ether oxygens (including phenoxy) is 1. The van der Waals surface area contributed by atoms with Crippen molar-refractivity contribution in [2.45, 2.75) is 6.92 Å². The van der Waals surface area contributed by atoms with Crippen molar-refractivity contribution in [2.75, 3.05) is 7.11 Å². The minimum Gasteiger partial charge on any atom is -0.465 e. The first kappa shape index (κ1) is 11.5. The predicted molar refractivity (Wildman–Crippen MR) is 54.2 cm³/mol. The molecule has 1 aromatic rings. The number of hydrogen-bond acceptors (Lipinski definition) is 4. The summed E-state index contributed by atoms with van der Waals surface area (Å²) < 4.78 is 4.44. The van der Waals surface area contributed by atoms with E-state index in [-0.39, 0.29) is 16.3 Å². The number of methoxy groups -OCH3 is 1. The Labute approximate surface area is 90.8 Å². The molecule has 0 aliphatic rings. The number of halogens is 1. The molecule has 0 saturated carbocycles. The van der Waals surface area contributed by atoms with Gasteiger partial charge in [-0.25, -0.2) is 4.79 Å². The Morgan fingerprint density at radius 2 is 2.13 bits per heavy atom. The van der Waals surface area contributed by atoms with Crippen molar-refractivity contribution < 1.29 is 14.5 Å². The SMILES string of the molecule is COC(=O)c1cc(C)c(Cl)cc1[N+](=O)[O-]. The Bertz CT molecular complexity index is 430. The fourth-order valence-electron chi connectivity index (χ4n) is 1.10. The summed E-state index contributed by atoms with van der Waals surface area (Å²) in [6.45, 7) is 1.65. The molecule has 0 spiro atoms. The average Bonchev–Trinajstić information content (AvgIpc) is 2.20.